The molecule has 0 aliphatic carbocycles. The molecule has 5 heteroatoms. The fourth-order valence-corrected chi connectivity index (χ4v) is 2.56. The summed E-state index contributed by atoms with van der Waals surface area (Å²) in [5.74, 6) is 1.39. The van der Waals surface area contributed by atoms with Crippen molar-refractivity contribution in [3.63, 3.8) is 0 Å². The van der Waals surface area contributed by atoms with Crippen molar-refractivity contribution in [1.82, 2.24) is 10.1 Å². The van der Waals surface area contributed by atoms with Crippen molar-refractivity contribution in [2.24, 2.45) is 0 Å². The van der Waals surface area contributed by atoms with Gasteiger partial charge in [-0.2, -0.15) is 0 Å². The minimum Gasteiger partial charge on any atom is -0.461 e. The van der Waals surface area contributed by atoms with Crippen LogP contribution in [0.25, 0.3) is 11.5 Å². The van der Waals surface area contributed by atoms with Gasteiger partial charge in [0.15, 0.2) is 5.76 Å². The van der Waals surface area contributed by atoms with E-state index in [2.05, 4.69) is 23.9 Å². The number of furan rings is 1. The fourth-order valence-electron chi connectivity index (χ4n) is 2.56. The molecule has 2 atom stereocenters. The predicted molar refractivity (Wildman–Crippen MR) is 69.5 cm³/mol. The van der Waals surface area contributed by atoms with E-state index in [0.717, 1.165) is 25.3 Å². The Morgan fingerprint density at radius 2 is 2.05 bits per heavy atom. The van der Waals surface area contributed by atoms with Gasteiger partial charge in [0, 0.05) is 25.7 Å². The highest BCUT2D eigenvalue weighted by Crippen LogP contribution is 2.22. The molecule has 2 aromatic heterocycles. The van der Waals surface area contributed by atoms with Crippen molar-refractivity contribution in [3.05, 3.63) is 30.2 Å². The zero-order valence-electron chi connectivity index (χ0n) is 11.2. The van der Waals surface area contributed by atoms with E-state index in [4.69, 9.17) is 13.7 Å². The van der Waals surface area contributed by atoms with Crippen molar-refractivity contribution in [2.75, 3.05) is 13.1 Å². The molecule has 2 aromatic rings. The number of ether oxygens (including phenoxy) is 1. The van der Waals surface area contributed by atoms with Gasteiger partial charge in [0.05, 0.1) is 24.2 Å². The van der Waals surface area contributed by atoms with Crippen LogP contribution in [0.5, 0.6) is 0 Å². The second-order valence-corrected chi connectivity index (χ2v) is 5.11. The topological polar surface area (TPSA) is 51.6 Å². The van der Waals surface area contributed by atoms with Crippen LogP contribution in [0, 0.1) is 0 Å². The molecule has 0 unspecified atom stereocenters. The normalized spacial score (nSPS) is 24.7. The van der Waals surface area contributed by atoms with Crippen LogP contribution < -0.4 is 0 Å². The van der Waals surface area contributed by atoms with Crippen molar-refractivity contribution >= 4 is 0 Å². The van der Waals surface area contributed by atoms with E-state index in [1.807, 2.05) is 18.2 Å². The first-order valence-corrected chi connectivity index (χ1v) is 6.58. The molecule has 3 rings (SSSR count). The van der Waals surface area contributed by atoms with Crippen LogP contribution in [0.15, 0.2) is 33.4 Å². The van der Waals surface area contributed by atoms with E-state index in [9.17, 15) is 0 Å². The molecule has 0 radical (unpaired) electrons. The highest BCUT2D eigenvalue weighted by Gasteiger charge is 2.23. The lowest BCUT2D eigenvalue weighted by Crippen LogP contribution is -2.44. The van der Waals surface area contributed by atoms with Gasteiger partial charge in [-0.1, -0.05) is 5.16 Å². The largest absolute Gasteiger partial charge is 0.461 e. The number of hydrogen-bond donors (Lipinski definition) is 0. The standard InChI is InChI=1S/C14H18N2O3/c1-10-7-16(8-11(2)18-10)9-12-6-14(19-15-12)13-4-3-5-17-13/h3-6,10-11H,7-9H2,1-2H3/t10-,11-/m1/s1. The molecule has 3 heterocycles. The van der Waals surface area contributed by atoms with E-state index in [1.165, 1.54) is 0 Å². The summed E-state index contributed by atoms with van der Waals surface area (Å²) in [6.45, 7) is 6.82. The molecule has 0 N–H and O–H groups in total. The van der Waals surface area contributed by atoms with Crippen LogP contribution in [-0.2, 0) is 11.3 Å². The average molecular weight is 262 g/mol. The Hall–Kier alpha value is -1.59. The molecule has 0 aromatic carbocycles. The summed E-state index contributed by atoms with van der Waals surface area (Å²) in [6.07, 6.45) is 2.16. The zero-order chi connectivity index (χ0) is 13.2. The van der Waals surface area contributed by atoms with E-state index in [-0.39, 0.29) is 12.2 Å². The van der Waals surface area contributed by atoms with Gasteiger partial charge in [0.2, 0.25) is 5.76 Å². The lowest BCUT2D eigenvalue weighted by Gasteiger charge is -2.34. The molecule has 1 aliphatic heterocycles. The van der Waals surface area contributed by atoms with E-state index < -0.39 is 0 Å². The van der Waals surface area contributed by atoms with Crippen molar-refractivity contribution in [1.29, 1.82) is 0 Å². The van der Waals surface area contributed by atoms with Gasteiger partial charge < -0.3 is 13.7 Å². The van der Waals surface area contributed by atoms with Crippen LogP contribution in [-0.4, -0.2) is 35.4 Å². The molecule has 102 valence electrons. The first-order chi connectivity index (χ1) is 9.20. The van der Waals surface area contributed by atoms with Gasteiger partial charge in [-0.05, 0) is 26.0 Å². The first kappa shape index (κ1) is 12.4. The predicted octanol–water partition coefficient (Wildman–Crippen LogP) is 2.54. The van der Waals surface area contributed by atoms with Crippen LogP contribution in [0.3, 0.4) is 0 Å². The van der Waals surface area contributed by atoms with Crippen LogP contribution in [0.4, 0.5) is 0 Å². The Morgan fingerprint density at radius 3 is 2.74 bits per heavy atom. The molecular formula is C14H18N2O3. The first-order valence-electron chi connectivity index (χ1n) is 6.58. The molecule has 0 spiro atoms. The Balaban J connectivity index is 1.67. The van der Waals surface area contributed by atoms with Gasteiger partial charge in [-0.15, -0.1) is 0 Å². The molecule has 1 fully saturated rings. The Morgan fingerprint density at radius 1 is 1.26 bits per heavy atom. The maximum absolute atomic E-state index is 5.72. The van der Waals surface area contributed by atoms with E-state index >= 15 is 0 Å². The molecule has 0 bridgehead atoms. The smallest absolute Gasteiger partial charge is 0.202 e. The minimum absolute atomic E-state index is 0.264. The summed E-state index contributed by atoms with van der Waals surface area (Å²) >= 11 is 0. The number of nitrogens with zero attached hydrogens (tertiary/aromatic N) is 2. The van der Waals surface area contributed by atoms with Gasteiger partial charge in [-0.25, -0.2) is 0 Å². The summed E-state index contributed by atoms with van der Waals surface area (Å²) in [6, 6.07) is 5.63. The quantitative estimate of drug-likeness (QED) is 0.850. The molecular weight excluding hydrogens is 244 g/mol. The van der Waals surface area contributed by atoms with Gasteiger partial charge in [0.25, 0.3) is 0 Å². The van der Waals surface area contributed by atoms with Gasteiger partial charge >= 0.3 is 0 Å². The molecule has 5 nitrogen and oxygen atoms in total. The summed E-state index contributed by atoms with van der Waals surface area (Å²) in [7, 11) is 0. The monoisotopic (exact) mass is 262 g/mol. The highest BCUT2D eigenvalue weighted by atomic mass is 16.5. The maximum atomic E-state index is 5.72. The third kappa shape index (κ3) is 2.88. The lowest BCUT2D eigenvalue weighted by molar-refractivity contribution is -0.0709. The Labute approximate surface area is 112 Å². The highest BCUT2D eigenvalue weighted by molar-refractivity contribution is 5.49. The summed E-state index contributed by atoms with van der Waals surface area (Å²) in [5, 5.41) is 4.10. The SMILES string of the molecule is C[C@@H]1CN(Cc2cc(-c3ccco3)on2)C[C@@H](C)O1. The minimum atomic E-state index is 0.264. The molecule has 19 heavy (non-hydrogen) atoms. The molecule has 0 saturated carbocycles. The van der Waals surface area contributed by atoms with Crippen molar-refractivity contribution in [2.45, 2.75) is 32.6 Å². The lowest BCUT2D eigenvalue weighted by atomic mass is 10.2. The van der Waals surface area contributed by atoms with E-state index in [0.29, 0.717) is 11.5 Å². The van der Waals surface area contributed by atoms with Crippen LogP contribution >= 0.6 is 0 Å². The second-order valence-electron chi connectivity index (χ2n) is 5.11. The van der Waals surface area contributed by atoms with Crippen LogP contribution in [0.2, 0.25) is 0 Å². The van der Waals surface area contributed by atoms with Crippen LogP contribution in [0.1, 0.15) is 19.5 Å². The summed E-state index contributed by atoms with van der Waals surface area (Å²) in [5.41, 5.74) is 0.924. The van der Waals surface area contributed by atoms with Crippen molar-refractivity contribution in [3.8, 4) is 11.5 Å². The fraction of sp³-hybridized carbons (Fsp3) is 0.500. The Bertz CT molecular complexity index is 511. The number of hydrogen-bond acceptors (Lipinski definition) is 5. The second kappa shape index (κ2) is 5.19. The van der Waals surface area contributed by atoms with Crippen molar-refractivity contribution < 1.29 is 13.7 Å². The van der Waals surface area contributed by atoms with Gasteiger partial charge in [-0.3, -0.25) is 4.90 Å². The maximum Gasteiger partial charge on any atom is 0.202 e. The molecule has 0 amide bonds. The van der Waals surface area contributed by atoms with E-state index in [1.54, 1.807) is 6.26 Å². The molecule has 1 aliphatic rings. The third-order valence-corrected chi connectivity index (χ3v) is 3.20. The van der Waals surface area contributed by atoms with Gasteiger partial charge in [0.1, 0.15) is 0 Å². The number of rotatable bonds is 3. The Kier molecular flexibility index (Phi) is 3.40. The summed E-state index contributed by atoms with van der Waals surface area (Å²) in [4.78, 5) is 2.34. The number of aromatic nitrogens is 1. The number of morpholine rings is 1. The zero-order valence-corrected chi connectivity index (χ0v) is 11.2. The molecule has 1 saturated heterocycles. The summed E-state index contributed by atoms with van der Waals surface area (Å²) < 4.78 is 16.3. The third-order valence-electron chi connectivity index (χ3n) is 3.20. The average Bonchev–Trinajstić information content (AvgIpc) is 2.96.